The van der Waals surface area contributed by atoms with Crippen LogP contribution in [0.3, 0.4) is 0 Å². The van der Waals surface area contributed by atoms with Crippen LogP contribution >= 0.6 is 0 Å². The smallest absolute Gasteiger partial charge is 0.308 e. The first-order valence-electron chi connectivity index (χ1n) is 6.32. The van der Waals surface area contributed by atoms with E-state index < -0.39 is 17.7 Å². The Labute approximate surface area is 110 Å². The molecule has 1 N–H and O–H groups in total. The van der Waals surface area contributed by atoms with Crippen molar-refractivity contribution >= 4 is 11.9 Å². The summed E-state index contributed by atoms with van der Waals surface area (Å²) < 4.78 is 13.5. The van der Waals surface area contributed by atoms with Gasteiger partial charge in [0.05, 0.1) is 12.3 Å². The molecule has 1 aromatic carbocycles. The van der Waals surface area contributed by atoms with E-state index in [1.807, 2.05) is 0 Å². The maximum Gasteiger partial charge on any atom is 0.308 e. The summed E-state index contributed by atoms with van der Waals surface area (Å²) in [7, 11) is 0. The SMILES string of the molecule is O=C(O)[C@@H]1CCCN(C(=O)Cc2ccccc2F)C1. The van der Waals surface area contributed by atoms with Gasteiger partial charge in [-0.25, -0.2) is 4.39 Å². The fraction of sp³-hybridized carbons (Fsp3) is 0.429. The van der Waals surface area contributed by atoms with Crippen LogP contribution in [0.1, 0.15) is 18.4 Å². The Morgan fingerprint density at radius 1 is 1.37 bits per heavy atom. The van der Waals surface area contributed by atoms with Crippen LogP contribution in [0.4, 0.5) is 4.39 Å². The normalized spacial score (nSPS) is 19.2. The van der Waals surface area contributed by atoms with Crippen LogP contribution in [0, 0.1) is 11.7 Å². The Kier molecular flexibility index (Phi) is 4.14. The van der Waals surface area contributed by atoms with E-state index >= 15 is 0 Å². The minimum atomic E-state index is -0.872. The zero-order valence-corrected chi connectivity index (χ0v) is 10.5. The van der Waals surface area contributed by atoms with Gasteiger partial charge in [0.1, 0.15) is 5.82 Å². The first-order valence-corrected chi connectivity index (χ1v) is 6.32. The summed E-state index contributed by atoms with van der Waals surface area (Å²) in [5.41, 5.74) is 0.352. The standard InChI is InChI=1S/C14H16FNO3/c15-12-6-2-1-4-10(12)8-13(17)16-7-3-5-11(9-16)14(18)19/h1-2,4,6,11H,3,5,7-9H2,(H,18,19)/t11-/m1/s1. The number of carboxylic acids is 1. The molecule has 1 atom stereocenters. The Balaban J connectivity index is 2.00. The summed E-state index contributed by atoms with van der Waals surface area (Å²) in [5.74, 6) is -1.99. The Hall–Kier alpha value is -1.91. The molecule has 1 saturated heterocycles. The maximum absolute atomic E-state index is 13.5. The van der Waals surface area contributed by atoms with Crippen molar-refractivity contribution in [1.29, 1.82) is 0 Å². The van der Waals surface area contributed by atoms with E-state index in [0.717, 1.165) is 0 Å². The predicted molar refractivity (Wildman–Crippen MR) is 67.0 cm³/mol. The third-order valence-corrected chi connectivity index (χ3v) is 3.42. The molecule has 1 fully saturated rings. The molecule has 1 aliphatic heterocycles. The average Bonchev–Trinajstić information content (AvgIpc) is 2.41. The molecule has 0 bridgehead atoms. The average molecular weight is 265 g/mol. The number of carbonyl (C=O) groups is 2. The van der Waals surface area contributed by atoms with Crippen LogP contribution in [0.25, 0.3) is 0 Å². The molecule has 0 aromatic heterocycles. The number of rotatable bonds is 3. The number of aliphatic carboxylic acids is 1. The highest BCUT2D eigenvalue weighted by Crippen LogP contribution is 2.18. The van der Waals surface area contributed by atoms with E-state index in [-0.39, 0.29) is 18.9 Å². The Bertz CT molecular complexity index is 489. The number of halogens is 1. The molecule has 5 heteroatoms. The van der Waals surface area contributed by atoms with Gasteiger partial charge in [-0.1, -0.05) is 18.2 Å². The lowest BCUT2D eigenvalue weighted by Gasteiger charge is -2.30. The third kappa shape index (κ3) is 3.30. The highest BCUT2D eigenvalue weighted by atomic mass is 19.1. The topological polar surface area (TPSA) is 57.6 Å². The van der Waals surface area contributed by atoms with Gasteiger partial charge in [-0.15, -0.1) is 0 Å². The van der Waals surface area contributed by atoms with Gasteiger partial charge in [-0.3, -0.25) is 9.59 Å². The molecule has 1 heterocycles. The molecule has 102 valence electrons. The van der Waals surface area contributed by atoms with Gasteiger partial charge >= 0.3 is 5.97 Å². The fourth-order valence-electron chi connectivity index (χ4n) is 2.32. The van der Waals surface area contributed by atoms with Crippen LogP contribution in [0.15, 0.2) is 24.3 Å². The molecule has 0 unspecified atom stereocenters. The van der Waals surface area contributed by atoms with Gasteiger partial charge in [0.15, 0.2) is 0 Å². The lowest BCUT2D eigenvalue weighted by Crippen LogP contribution is -2.43. The summed E-state index contributed by atoms with van der Waals surface area (Å²) in [6, 6.07) is 6.15. The van der Waals surface area contributed by atoms with E-state index in [4.69, 9.17) is 5.11 Å². The Morgan fingerprint density at radius 3 is 2.79 bits per heavy atom. The molecule has 4 nitrogen and oxygen atoms in total. The van der Waals surface area contributed by atoms with E-state index in [9.17, 15) is 14.0 Å². The largest absolute Gasteiger partial charge is 0.481 e. The van der Waals surface area contributed by atoms with Crippen molar-refractivity contribution in [1.82, 2.24) is 4.90 Å². The minimum Gasteiger partial charge on any atom is -0.481 e. The van der Waals surface area contributed by atoms with Crippen molar-refractivity contribution in [2.45, 2.75) is 19.3 Å². The molecule has 0 saturated carbocycles. The molecule has 0 aliphatic carbocycles. The first kappa shape index (κ1) is 13.5. The second-order valence-electron chi connectivity index (χ2n) is 4.79. The number of carboxylic acid groups (broad SMARTS) is 1. The van der Waals surface area contributed by atoms with E-state index in [1.54, 1.807) is 18.2 Å². The molecular weight excluding hydrogens is 249 g/mol. The fourth-order valence-corrected chi connectivity index (χ4v) is 2.32. The van der Waals surface area contributed by atoms with Gasteiger partial charge in [0.25, 0.3) is 0 Å². The van der Waals surface area contributed by atoms with Gasteiger partial charge in [0.2, 0.25) is 5.91 Å². The van der Waals surface area contributed by atoms with Crippen molar-refractivity contribution in [2.24, 2.45) is 5.92 Å². The lowest BCUT2D eigenvalue weighted by atomic mass is 9.97. The van der Waals surface area contributed by atoms with E-state index in [1.165, 1.54) is 11.0 Å². The van der Waals surface area contributed by atoms with E-state index in [0.29, 0.717) is 24.9 Å². The van der Waals surface area contributed by atoms with Crippen LogP contribution < -0.4 is 0 Å². The molecule has 1 amide bonds. The lowest BCUT2D eigenvalue weighted by molar-refractivity contribution is -0.145. The Morgan fingerprint density at radius 2 is 2.11 bits per heavy atom. The van der Waals surface area contributed by atoms with Gasteiger partial charge in [-0.2, -0.15) is 0 Å². The number of amides is 1. The zero-order valence-electron chi connectivity index (χ0n) is 10.5. The number of hydrogen-bond donors (Lipinski definition) is 1. The zero-order chi connectivity index (χ0) is 13.8. The number of benzene rings is 1. The van der Waals surface area contributed by atoms with Crippen molar-refractivity contribution in [2.75, 3.05) is 13.1 Å². The molecule has 19 heavy (non-hydrogen) atoms. The van der Waals surface area contributed by atoms with Crippen LogP contribution in [-0.2, 0) is 16.0 Å². The number of nitrogens with zero attached hydrogens (tertiary/aromatic N) is 1. The highest BCUT2D eigenvalue weighted by molar-refractivity contribution is 5.80. The molecule has 2 rings (SSSR count). The summed E-state index contributed by atoms with van der Waals surface area (Å²) in [4.78, 5) is 24.5. The van der Waals surface area contributed by atoms with Crippen LogP contribution in [-0.4, -0.2) is 35.0 Å². The van der Waals surface area contributed by atoms with E-state index in [2.05, 4.69) is 0 Å². The number of hydrogen-bond acceptors (Lipinski definition) is 2. The first-order chi connectivity index (χ1) is 9.08. The summed E-state index contributed by atoms with van der Waals surface area (Å²) in [6.07, 6.45) is 1.26. The molecule has 1 aliphatic rings. The molecular formula is C14H16FNO3. The van der Waals surface area contributed by atoms with Gasteiger partial charge in [0, 0.05) is 13.1 Å². The van der Waals surface area contributed by atoms with Gasteiger partial charge in [-0.05, 0) is 24.5 Å². The summed E-state index contributed by atoms with van der Waals surface area (Å²) in [6.45, 7) is 0.777. The third-order valence-electron chi connectivity index (χ3n) is 3.42. The summed E-state index contributed by atoms with van der Waals surface area (Å²) in [5, 5.41) is 8.97. The van der Waals surface area contributed by atoms with Crippen molar-refractivity contribution in [3.63, 3.8) is 0 Å². The van der Waals surface area contributed by atoms with Gasteiger partial charge < -0.3 is 10.0 Å². The van der Waals surface area contributed by atoms with Crippen LogP contribution in [0.5, 0.6) is 0 Å². The number of carbonyl (C=O) groups excluding carboxylic acids is 1. The molecule has 0 radical (unpaired) electrons. The maximum atomic E-state index is 13.5. The van der Waals surface area contributed by atoms with Crippen molar-refractivity contribution in [3.8, 4) is 0 Å². The molecule has 0 spiro atoms. The van der Waals surface area contributed by atoms with Crippen molar-refractivity contribution < 1.29 is 19.1 Å². The quantitative estimate of drug-likeness (QED) is 0.904. The van der Waals surface area contributed by atoms with Crippen LogP contribution in [0.2, 0.25) is 0 Å². The summed E-state index contributed by atoms with van der Waals surface area (Å²) >= 11 is 0. The second-order valence-corrected chi connectivity index (χ2v) is 4.79. The second kappa shape index (κ2) is 5.82. The van der Waals surface area contributed by atoms with Crippen molar-refractivity contribution in [3.05, 3.63) is 35.6 Å². The monoisotopic (exact) mass is 265 g/mol. The number of piperidine rings is 1. The number of likely N-dealkylation sites (tertiary alicyclic amines) is 1. The highest BCUT2D eigenvalue weighted by Gasteiger charge is 2.28. The molecule has 1 aromatic rings. The predicted octanol–water partition coefficient (Wildman–Crippen LogP) is 1.69. The minimum absolute atomic E-state index is 0.0149.